The van der Waals surface area contributed by atoms with Crippen molar-refractivity contribution >= 4 is 62.6 Å². The second-order valence-electron chi connectivity index (χ2n) is 11.2. The van der Waals surface area contributed by atoms with Gasteiger partial charge in [0.05, 0.1) is 29.5 Å². The highest BCUT2D eigenvalue weighted by Gasteiger charge is 2.44. The lowest BCUT2D eigenvalue weighted by atomic mass is 10.3. The predicted molar refractivity (Wildman–Crippen MR) is 173 cm³/mol. The molecule has 0 fully saturated rings. The Bertz CT molecular complexity index is 1500. The van der Waals surface area contributed by atoms with Crippen LogP contribution in [0.1, 0.15) is 102 Å². The van der Waals surface area contributed by atoms with Crippen LogP contribution in [0.3, 0.4) is 0 Å². The van der Waals surface area contributed by atoms with E-state index in [0.29, 0.717) is 0 Å². The first-order valence-electron chi connectivity index (χ1n) is 14.1. The highest BCUT2D eigenvalue weighted by molar-refractivity contribution is 7.86. The van der Waals surface area contributed by atoms with Crippen molar-refractivity contribution in [1.29, 1.82) is 0 Å². The van der Waals surface area contributed by atoms with Crippen LogP contribution in [-0.4, -0.2) is 51.4 Å². The van der Waals surface area contributed by atoms with Gasteiger partial charge in [-0.05, 0) is 65.8 Å². The Labute approximate surface area is 294 Å². The molecule has 0 saturated heterocycles. The van der Waals surface area contributed by atoms with Crippen molar-refractivity contribution in [2.45, 2.75) is 118 Å². The first kappa shape index (κ1) is 49.3. The third kappa shape index (κ3) is 13.0. The average Bonchev–Trinajstić information content (AvgIpc) is 3.31. The van der Waals surface area contributed by atoms with Gasteiger partial charge in [0.25, 0.3) is 11.1 Å². The van der Waals surface area contributed by atoms with Gasteiger partial charge in [-0.3, -0.25) is 0 Å². The molecule has 0 aromatic carbocycles. The molecule has 24 heteroatoms. The maximum atomic E-state index is 10.7. The number of nitrogens with zero attached hydrogens (tertiary/aromatic N) is 7. The summed E-state index contributed by atoms with van der Waals surface area (Å²) in [4.78, 5) is 7.88. The van der Waals surface area contributed by atoms with Gasteiger partial charge in [0.15, 0.2) is 20.2 Å². The summed E-state index contributed by atoms with van der Waals surface area (Å²) >= 11 is 9.53. The Kier molecular flexibility index (Phi) is 19.2. The van der Waals surface area contributed by atoms with Gasteiger partial charge in [0, 0.05) is 32.6 Å². The van der Waals surface area contributed by atoms with Gasteiger partial charge in [-0.1, -0.05) is 0 Å². The molecule has 0 spiro atoms. The van der Waals surface area contributed by atoms with Crippen molar-refractivity contribution in [1.82, 2.24) is 9.13 Å². The van der Waals surface area contributed by atoms with Crippen LogP contribution in [0.5, 0.6) is 0 Å². The summed E-state index contributed by atoms with van der Waals surface area (Å²) in [5, 5.41) is 0.194. The highest BCUT2D eigenvalue weighted by Crippen LogP contribution is 2.38. The van der Waals surface area contributed by atoms with E-state index in [4.69, 9.17) is 49.1 Å². The van der Waals surface area contributed by atoms with Crippen LogP contribution in [-0.2, 0) is 20.2 Å². The molecule has 2 heterocycles. The predicted octanol–water partition coefficient (Wildman–Crippen LogP) is 6.60. The molecule has 0 N–H and O–H groups in total. The first-order chi connectivity index (χ1) is 21.8. The molecule has 2 aromatic heterocycles. The summed E-state index contributed by atoms with van der Waals surface area (Å²) in [5.74, 6) is 0. The molecule has 49 heavy (non-hydrogen) atoms. The Morgan fingerprint density at radius 1 is 0.735 bits per heavy atom. The Morgan fingerprint density at radius 2 is 0.959 bits per heavy atom. The quantitative estimate of drug-likeness (QED) is 0.0349. The minimum atomic E-state index is -6.09. The fraction of sp³-hybridized carbons (Fsp3) is 0.760. The summed E-state index contributed by atoms with van der Waals surface area (Å²) in [6.45, 7) is 26.4. The third-order valence-corrected chi connectivity index (χ3v) is 9.51. The maximum Gasteiger partial charge on any atom is 0.485 e. The lowest BCUT2D eigenvalue weighted by Crippen LogP contribution is -2.58. The van der Waals surface area contributed by atoms with Crippen LogP contribution in [0.4, 0.5) is 26.3 Å². The zero-order valence-electron chi connectivity index (χ0n) is 28.9. The molecule has 0 aliphatic rings. The second-order valence-corrected chi connectivity index (χ2v) is 16.3. The van der Waals surface area contributed by atoms with Crippen LogP contribution in [0.25, 0.3) is 10.4 Å². The summed E-state index contributed by atoms with van der Waals surface area (Å²) in [7, 11) is -13.5. The van der Waals surface area contributed by atoms with Gasteiger partial charge >= 0.3 is 11.0 Å². The average molecular weight is 817 g/mol. The molecule has 2 aromatic rings. The molecular weight excluding hydrogens is 774 g/mol. The lowest BCUT2D eigenvalue weighted by molar-refractivity contribution is -0.707. The summed E-state index contributed by atoms with van der Waals surface area (Å²) < 4.78 is 127. The SMILES string of the molecule is Cc1c(C)[n+](C(C)C)c(P(N=[N+]=[N-])c2n(C(C)C)c(C)c(C)[n+]2C(C)C)n1C(C)C.ClCCl.O=S(=O)([O-])C(F)(F)F.O=S(=O)([O-])C(F)(F)F. The highest BCUT2D eigenvalue weighted by atomic mass is 35.5. The van der Waals surface area contributed by atoms with Crippen molar-refractivity contribution in [3.05, 3.63) is 33.2 Å². The van der Waals surface area contributed by atoms with Gasteiger partial charge in [0.2, 0.25) is 8.07 Å². The number of alkyl halides is 8. The lowest BCUT2D eigenvalue weighted by Gasteiger charge is -2.17. The van der Waals surface area contributed by atoms with Gasteiger partial charge in [-0.25, -0.2) is 35.1 Å². The van der Waals surface area contributed by atoms with Crippen LogP contribution in [0.2, 0.25) is 0 Å². The minimum absolute atomic E-state index is 0.194. The third-order valence-electron chi connectivity index (χ3n) is 6.50. The monoisotopic (exact) mass is 815 g/mol. The van der Waals surface area contributed by atoms with E-state index in [1.807, 2.05) is 0 Å². The van der Waals surface area contributed by atoms with Crippen LogP contribution >= 0.6 is 31.3 Å². The van der Waals surface area contributed by atoms with E-state index >= 15 is 0 Å². The van der Waals surface area contributed by atoms with Gasteiger partial charge < -0.3 is 9.11 Å². The number of aromatic nitrogens is 4. The van der Waals surface area contributed by atoms with Crippen molar-refractivity contribution in [2.75, 3.05) is 5.34 Å². The molecule has 286 valence electrons. The normalized spacial score (nSPS) is 12.4. The summed E-state index contributed by atoms with van der Waals surface area (Å²) in [5.41, 5.74) is 5.57. The zero-order chi connectivity index (χ0) is 39.8. The summed E-state index contributed by atoms with van der Waals surface area (Å²) in [6, 6.07) is 1.09. The van der Waals surface area contributed by atoms with E-state index in [-0.39, 0.29) is 29.5 Å². The number of hydrogen-bond acceptors (Lipinski definition) is 7. The smallest absolute Gasteiger partial charge is 0.485 e. The topological polar surface area (TPSA) is 181 Å². The molecule has 0 amide bonds. The fourth-order valence-electron chi connectivity index (χ4n) is 4.62. The number of azide groups is 1. The van der Waals surface area contributed by atoms with Gasteiger partial charge in [-0.15, -0.1) is 23.2 Å². The molecule has 0 aliphatic heterocycles. The molecule has 0 unspecified atom stereocenters. The van der Waals surface area contributed by atoms with E-state index < -0.39 is 39.3 Å². The Morgan fingerprint density at radius 3 is 1.10 bits per heavy atom. The largest absolute Gasteiger partial charge is 0.741 e. The van der Waals surface area contributed by atoms with Crippen molar-refractivity contribution in [3.63, 3.8) is 0 Å². The molecule has 13 nitrogen and oxygen atoms in total. The summed E-state index contributed by atoms with van der Waals surface area (Å²) in [6.07, 6.45) is 0. The van der Waals surface area contributed by atoms with E-state index in [9.17, 15) is 31.9 Å². The van der Waals surface area contributed by atoms with E-state index in [0.717, 1.165) is 11.1 Å². The van der Waals surface area contributed by atoms with Crippen molar-refractivity contribution < 1.29 is 61.4 Å². The molecule has 0 bridgehead atoms. The standard InChI is InChI=1S/C22H40N7P.CH2Cl2.2CHF3O3S/c1-13(2)26-17(9)18(10)27(14(3)4)21(26)30(25-24-23)22-28(15(5)6)19(11)20(12)29(22)16(7)8;2-1-3;2*2-1(3,4)8(5,6)7/h13-16H,1-12H3;1H2;2*(H,5,6,7)/q+2;;;/p-2. The molecule has 0 radical (unpaired) electrons. The minimum Gasteiger partial charge on any atom is -0.741 e. The second kappa shape index (κ2) is 19.1. The Hall–Kier alpha value is -1.86. The van der Waals surface area contributed by atoms with Crippen molar-refractivity contribution in [3.8, 4) is 0 Å². The van der Waals surface area contributed by atoms with E-state index in [1.54, 1.807) is 0 Å². The number of halogens is 8. The van der Waals surface area contributed by atoms with Gasteiger partial charge in [-0.2, -0.15) is 26.3 Å². The fourth-order valence-corrected chi connectivity index (χ4v) is 7.38. The van der Waals surface area contributed by atoms with Crippen LogP contribution < -0.4 is 20.3 Å². The van der Waals surface area contributed by atoms with Crippen LogP contribution in [0.15, 0.2) is 4.88 Å². The van der Waals surface area contributed by atoms with Crippen LogP contribution in [0, 0.1) is 27.7 Å². The molecule has 0 saturated carbocycles. The van der Waals surface area contributed by atoms with E-state index in [1.165, 1.54) is 22.8 Å². The van der Waals surface area contributed by atoms with Gasteiger partial charge in [0.1, 0.15) is 22.8 Å². The van der Waals surface area contributed by atoms with E-state index in [2.05, 4.69) is 111 Å². The maximum absolute atomic E-state index is 10.7. The molecule has 2 rings (SSSR count). The molecule has 0 aliphatic carbocycles. The number of imidazole rings is 2. The number of hydrogen-bond donors (Lipinski definition) is 0. The number of rotatable bonds is 7. The Balaban J connectivity index is 0. The first-order valence-corrected chi connectivity index (χ1v) is 19.2. The molecular formula is C25H42Cl2F6N7O6PS2. The molecule has 0 atom stereocenters. The van der Waals surface area contributed by atoms with Crippen molar-refractivity contribution in [2.24, 2.45) is 4.88 Å². The zero-order valence-corrected chi connectivity index (χ0v) is 32.9.